The van der Waals surface area contributed by atoms with Crippen LogP contribution < -0.4 is 0 Å². The van der Waals surface area contributed by atoms with Gasteiger partial charge < -0.3 is 14.9 Å². The number of esters is 1. The summed E-state index contributed by atoms with van der Waals surface area (Å²) in [5.41, 5.74) is 1.23. The fourth-order valence-electron chi connectivity index (χ4n) is 1.07. The molecule has 0 spiro atoms. The summed E-state index contributed by atoms with van der Waals surface area (Å²) in [5, 5.41) is 16.2. The number of carboxylic acid groups (broad SMARTS) is 2. The number of allylic oxidation sites excluding steroid dienone is 2. The van der Waals surface area contributed by atoms with Crippen molar-refractivity contribution in [3.8, 4) is 0 Å². The number of hydrogen-bond acceptors (Lipinski definition) is 4. The first kappa shape index (κ1) is 24.8. The van der Waals surface area contributed by atoms with E-state index in [4.69, 9.17) is 10.2 Å². The van der Waals surface area contributed by atoms with Gasteiger partial charge in [-0.15, -0.1) is 0 Å². The van der Waals surface area contributed by atoms with Crippen molar-refractivity contribution in [2.24, 2.45) is 0 Å². The minimum Gasteiger partial charge on any atom is -0.478 e. The molecule has 0 heterocycles. The van der Waals surface area contributed by atoms with Gasteiger partial charge in [0.2, 0.25) is 0 Å². The lowest BCUT2D eigenvalue weighted by atomic mass is 10.2. The summed E-state index contributed by atoms with van der Waals surface area (Å²) in [6, 6.07) is 9.70. The minimum absolute atomic E-state index is 0.176. The van der Waals surface area contributed by atoms with Gasteiger partial charge in [0.15, 0.2) is 0 Å². The van der Waals surface area contributed by atoms with E-state index in [2.05, 4.69) is 17.9 Å². The van der Waals surface area contributed by atoms with Gasteiger partial charge in [0.05, 0.1) is 6.61 Å². The van der Waals surface area contributed by atoms with Crippen LogP contribution in [0, 0.1) is 0 Å². The summed E-state index contributed by atoms with van der Waals surface area (Å²) in [4.78, 5) is 29.8. The maximum Gasteiger partial charge on any atom is 0.330 e. The first-order chi connectivity index (χ1) is 12.2. The van der Waals surface area contributed by atoms with Crippen LogP contribution in [0.1, 0.15) is 19.4 Å². The average Bonchev–Trinajstić information content (AvgIpc) is 2.60. The first-order valence-electron chi connectivity index (χ1n) is 7.55. The summed E-state index contributed by atoms with van der Waals surface area (Å²) < 4.78 is 4.43. The standard InChI is InChI=1S/C11H10O2.C5H8O2.C4H6O2/c12-11(13)9-5-4-8-10-6-2-1-3-7-10;1-3-5(6)7-4-2;1-3(2)4(5)6/h1-9H,(H,12,13);3H,1,4H2,2H3;1H2,2H3,(H,5,6). The van der Waals surface area contributed by atoms with Gasteiger partial charge in [0.25, 0.3) is 0 Å². The Hall–Kier alpha value is -3.41. The molecule has 1 rings (SSSR count). The topological polar surface area (TPSA) is 101 Å². The number of carbonyl (C=O) groups is 3. The highest BCUT2D eigenvalue weighted by atomic mass is 16.5. The van der Waals surface area contributed by atoms with Gasteiger partial charge in [0.1, 0.15) is 0 Å². The van der Waals surface area contributed by atoms with Crippen LogP contribution >= 0.6 is 0 Å². The molecule has 0 saturated carbocycles. The van der Waals surface area contributed by atoms with Gasteiger partial charge in [-0.1, -0.05) is 61.7 Å². The third-order valence-corrected chi connectivity index (χ3v) is 2.26. The lowest BCUT2D eigenvalue weighted by Crippen LogP contribution is -1.97. The molecule has 0 amide bonds. The van der Waals surface area contributed by atoms with E-state index < -0.39 is 11.9 Å². The predicted molar refractivity (Wildman–Crippen MR) is 102 cm³/mol. The van der Waals surface area contributed by atoms with E-state index in [1.165, 1.54) is 13.0 Å². The van der Waals surface area contributed by atoms with Crippen LogP contribution in [0.3, 0.4) is 0 Å². The molecule has 0 aliphatic rings. The van der Waals surface area contributed by atoms with Crippen LogP contribution in [0.15, 0.2) is 73.4 Å². The van der Waals surface area contributed by atoms with Crippen LogP contribution in [0.4, 0.5) is 0 Å². The monoisotopic (exact) mass is 360 g/mol. The van der Waals surface area contributed by atoms with Crippen LogP contribution in [0.5, 0.6) is 0 Å². The largest absolute Gasteiger partial charge is 0.478 e. The number of carbonyl (C=O) groups excluding carboxylic acids is 1. The number of rotatable bonds is 6. The van der Waals surface area contributed by atoms with Crippen LogP contribution in [0.2, 0.25) is 0 Å². The van der Waals surface area contributed by atoms with Gasteiger partial charge in [-0.05, 0) is 19.4 Å². The highest BCUT2D eigenvalue weighted by Gasteiger charge is 1.90. The zero-order chi connectivity index (χ0) is 20.4. The Morgan fingerprint density at radius 3 is 2.00 bits per heavy atom. The number of hydrogen-bond donors (Lipinski definition) is 2. The molecule has 0 unspecified atom stereocenters. The summed E-state index contributed by atoms with van der Waals surface area (Å²) in [6.07, 6.45) is 7.28. The smallest absolute Gasteiger partial charge is 0.330 e. The Balaban J connectivity index is 0. The van der Waals surface area contributed by atoms with E-state index in [1.54, 1.807) is 13.0 Å². The molecule has 0 atom stereocenters. The zero-order valence-electron chi connectivity index (χ0n) is 14.9. The van der Waals surface area contributed by atoms with Crippen molar-refractivity contribution >= 4 is 24.0 Å². The Bertz CT molecular complexity index is 630. The van der Waals surface area contributed by atoms with Crippen molar-refractivity contribution in [3.05, 3.63) is 78.9 Å². The molecule has 140 valence electrons. The van der Waals surface area contributed by atoms with Gasteiger partial charge >= 0.3 is 17.9 Å². The second-order valence-electron chi connectivity index (χ2n) is 4.51. The molecule has 0 radical (unpaired) electrons. The molecule has 26 heavy (non-hydrogen) atoms. The van der Waals surface area contributed by atoms with E-state index in [0.29, 0.717) is 6.61 Å². The van der Waals surface area contributed by atoms with Crippen molar-refractivity contribution < 1.29 is 29.3 Å². The highest BCUT2D eigenvalue weighted by molar-refractivity contribution is 5.84. The van der Waals surface area contributed by atoms with Gasteiger partial charge in [-0.2, -0.15) is 0 Å². The first-order valence-corrected chi connectivity index (χ1v) is 7.55. The molecular weight excluding hydrogens is 336 g/mol. The summed E-state index contributed by atoms with van der Waals surface area (Å²) >= 11 is 0. The van der Waals surface area contributed by atoms with Crippen molar-refractivity contribution in [3.63, 3.8) is 0 Å². The Morgan fingerprint density at radius 2 is 1.65 bits per heavy atom. The maximum atomic E-state index is 10.1. The molecule has 1 aromatic rings. The fraction of sp³-hybridized carbons (Fsp3) is 0.150. The van der Waals surface area contributed by atoms with Crippen LogP contribution in [0.25, 0.3) is 6.08 Å². The van der Waals surface area contributed by atoms with Crippen molar-refractivity contribution in [2.75, 3.05) is 6.61 Å². The van der Waals surface area contributed by atoms with E-state index >= 15 is 0 Å². The number of aliphatic carboxylic acids is 2. The Labute approximate surface area is 153 Å². The molecule has 0 aromatic heterocycles. The maximum absolute atomic E-state index is 10.1. The Kier molecular flexibility index (Phi) is 15.7. The van der Waals surface area contributed by atoms with Gasteiger partial charge in [-0.3, -0.25) is 0 Å². The predicted octanol–water partition coefficient (Wildman–Crippen LogP) is 3.72. The van der Waals surface area contributed by atoms with Gasteiger partial charge in [0, 0.05) is 17.7 Å². The molecule has 0 fully saturated rings. The molecule has 6 nitrogen and oxygen atoms in total. The number of benzene rings is 1. The molecule has 1 aromatic carbocycles. The molecule has 0 aliphatic heterocycles. The molecule has 0 bridgehead atoms. The van der Waals surface area contributed by atoms with E-state index in [-0.39, 0.29) is 11.5 Å². The molecular formula is C20H24O6. The summed E-state index contributed by atoms with van der Waals surface area (Å²) in [7, 11) is 0. The fourth-order valence-corrected chi connectivity index (χ4v) is 1.07. The summed E-state index contributed by atoms with van der Waals surface area (Å²) in [6.45, 7) is 9.98. The van der Waals surface area contributed by atoms with E-state index in [9.17, 15) is 14.4 Å². The third kappa shape index (κ3) is 18.6. The molecule has 0 saturated heterocycles. The average molecular weight is 360 g/mol. The second-order valence-corrected chi connectivity index (χ2v) is 4.51. The molecule has 2 N–H and O–H groups in total. The van der Waals surface area contributed by atoms with Gasteiger partial charge in [-0.25, -0.2) is 14.4 Å². The lowest BCUT2D eigenvalue weighted by molar-refractivity contribution is -0.137. The molecule has 0 aliphatic carbocycles. The van der Waals surface area contributed by atoms with Crippen molar-refractivity contribution in [2.45, 2.75) is 13.8 Å². The third-order valence-electron chi connectivity index (χ3n) is 2.26. The van der Waals surface area contributed by atoms with Crippen LogP contribution in [-0.4, -0.2) is 34.7 Å². The Morgan fingerprint density at radius 1 is 1.12 bits per heavy atom. The van der Waals surface area contributed by atoms with Crippen LogP contribution in [-0.2, 0) is 19.1 Å². The second kappa shape index (κ2) is 16.4. The lowest BCUT2D eigenvalue weighted by Gasteiger charge is -1.90. The number of ether oxygens (including phenoxy) is 1. The van der Waals surface area contributed by atoms with E-state index in [1.807, 2.05) is 36.4 Å². The number of carboxylic acids is 2. The zero-order valence-corrected chi connectivity index (χ0v) is 14.9. The SMILES string of the molecule is C=C(C)C(=O)O.C=CC(=O)OCC.O=C(O)C=CC=Cc1ccccc1. The summed E-state index contributed by atoms with van der Waals surface area (Å²) in [5.74, 6) is -2.23. The minimum atomic E-state index is -0.935. The van der Waals surface area contributed by atoms with Crippen molar-refractivity contribution in [1.29, 1.82) is 0 Å². The highest BCUT2D eigenvalue weighted by Crippen LogP contribution is 2.00. The quantitative estimate of drug-likeness (QED) is 0.455. The van der Waals surface area contributed by atoms with Crippen molar-refractivity contribution in [1.82, 2.24) is 0 Å². The normalized spacial score (nSPS) is 9.31. The van der Waals surface area contributed by atoms with E-state index in [0.717, 1.165) is 17.7 Å². The molecule has 6 heteroatoms.